The summed E-state index contributed by atoms with van der Waals surface area (Å²) >= 11 is 0. The van der Waals surface area contributed by atoms with E-state index in [1.165, 1.54) is 4.90 Å². The van der Waals surface area contributed by atoms with Crippen LogP contribution in [0.15, 0.2) is 18.3 Å². The first-order valence-electron chi connectivity index (χ1n) is 9.85. The maximum absolute atomic E-state index is 12.6. The van der Waals surface area contributed by atoms with Gasteiger partial charge in [-0.3, -0.25) is 9.48 Å². The van der Waals surface area contributed by atoms with Crippen molar-refractivity contribution in [3.63, 3.8) is 0 Å². The third kappa shape index (κ3) is 3.82. The molecule has 2 aromatic rings. The Labute approximate surface area is 163 Å². The maximum Gasteiger partial charge on any atom is 0.407 e. The van der Waals surface area contributed by atoms with Gasteiger partial charge < -0.3 is 20.1 Å². The van der Waals surface area contributed by atoms with E-state index < -0.39 is 6.09 Å². The van der Waals surface area contributed by atoms with Crippen LogP contribution in [-0.4, -0.2) is 64.1 Å². The number of hydrogen-bond acceptors (Lipinski definition) is 4. The van der Waals surface area contributed by atoms with E-state index in [2.05, 4.69) is 10.4 Å². The lowest BCUT2D eigenvalue weighted by atomic mass is 10.0. The smallest absolute Gasteiger partial charge is 0.407 e. The topological polar surface area (TPSA) is 96.7 Å². The van der Waals surface area contributed by atoms with E-state index in [4.69, 9.17) is 9.84 Å². The maximum atomic E-state index is 12.6. The highest BCUT2D eigenvalue weighted by Gasteiger charge is 2.30. The second-order valence-electron chi connectivity index (χ2n) is 7.77. The zero-order chi connectivity index (χ0) is 19.7. The molecule has 8 heteroatoms. The number of aromatic nitrogens is 2. The van der Waals surface area contributed by atoms with Gasteiger partial charge in [-0.15, -0.1) is 0 Å². The van der Waals surface area contributed by atoms with Gasteiger partial charge in [0.25, 0.3) is 5.91 Å². The van der Waals surface area contributed by atoms with Crippen LogP contribution < -0.4 is 5.32 Å². The molecule has 2 aliphatic rings. The molecule has 28 heavy (non-hydrogen) atoms. The fourth-order valence-corrected chi connectivity index (χ4v) is 4.00. The summed E-state index contributed by atoms with van der Waals surface area (Å²) in [4.78, 5) is 24.9. The van der Waals surface area contributed by atoms with Gasteiger partial charge >= 0.3 is 6.09 Å². The molecule has 2 fully saturated rings. The third-order valence-electron chi connectivity index (χ3n) is 5.69. The van der Waals surface area contributed by atoms with Crippen LogP contribution in [0.25, 0.3) is 10.9 Å². The molecular weight excluding hydrogens is 360 g/mol. The van der Waals surface area contributed by atoms with E-state index in [0.29, 0.717) is 31.7 Å². The number of nitrogens with zero attached hydrogens (tertiary/aromatic N) is 3. The lowest BCUT2D eigenvalue weighted by molar-refractivity contribution is 0.0169. The summed E-state index contributed by atoms with van der Waals surface area (Å²) in [5, 5.41) is 17.5. The number of likely N-dealkylation sites (tertiary alicyclic amines) is 1. The first-order valence-corrected chi connectivity index (χ1v) is 9.85. The van der Waals surface area contributed by atoms with Crippen molar-refractivity contribution in [3.05, 3.63) is 29.5 Å². The predicted molar refractivity (Wildman–Crippen MR) is 103 cm³/mol. The Hall–Kier alpha value is -2.61. The van der Waals surface area contributed by atoms with Gasteiger partial charge in [-0.05, 0) is 43.9 Å². The van der Waals surface area contributed by atoms with Crippen molar-refractivity contribution in [2.45, 2.75) is 38.8 Å². The van der Waals surface area contributed by atoms with Crippen LogP contribution in [0, 0.1) is 12.8 Å². The fraction of sp³-hybridized carbons (Fsp3) is 0.550. The van der Waals surface area contributed by atoms with Gasteiger partial charge in [0.1, 0.15) is 0 Å². The van der Waals surface area contributed by atoms with Gasteiger partial charge in [-0.25, -0.2) is 4.79 Å². The molecule has 0 aliphatic carbocycles. The lowest BCUT2D eigenvalue weighted by Crippen LogP contribution is -2.50. The molecule has 1 aromatic heterocycles. The third-order valence-corrected chi connectivity index (χ3v) is 5.69. The average Bonchev–Trinajstić information content (AvgIpc) is 3.07. The van der Waals surface area contributed by atoms with Crippen molar-refractivity contribution in [1.82, 2.24) is 20.0 Å². The van der Waals surface area contributed by atoms with Gasteiger partial charge in [0.2, 0.25) is 0 Å². The number of hydrogen-bond donors (Lipinski definition) is 2. The highest BCUT2D eigenvalue weighted by Crippen LogP contribution is 2.23. The second kappa shape index (κ2) is 7.79. The van der Waals surface area contributed by atoms with E-state index in [9.17, 15) is 9.59 Å². The minimum Gasteiger partial charge on any atom is -0.465 e. The Bertz CT molecular complexity index is 882. The molecule has 0 radical (unpaired) electrons. The van der Waals surface area contributed by atoms with Crippen LogP contribution in [0.1, 0.15) is 35.2 Å². The Morgan fingerprint density at radius 1 is 1.32 bits per heavy atom. The first kappa shape index (κ1) is 18.7. The molecule has 150 valence electrons. The number of nitrogens with one attached hydrogen (secondary N) is 1. The quantitative estimate of drug-likeness (QED) is 0.822. The van der Waals surface area contributed by atoms with Crippen molar-refractivity contribution in [3.8, 4) is 0 Å². The lowest BCUT2D eigenvalue weighted by Gasteiger charge is -2.36. The van der Waals surface area contributed by atoms with Crippen molar-refractivity contribution in [1.29, 1.82) is 0 Å². The molecule has 1 unspecified atom stereocenters. The number of aryl methyl sites for hydroxylation is 1. The minimum absolute atomic E-state index is 0.0857. The zero-order valence-corrected chi connectivity index (χ0v) is 16.1. The molecule has 0 saturated carbocycles. The number of amides is 2. The number of benzene rings is 1. The van der Waals surface area contributed by atoms with Crippen LogP contribution in [0.2, 0.25) is 0 Å². The van der Waals surface area contributed by atoms with Crippen LogP contribution >= 0.6 is 0 Å². The molecule has 2 saturated heterocycles. The largest absolute Gasteiger partial charge is 0.465 e. The molecule has 3 heterocycles. The summed E-state index contributed by atoms with van der Waals surface area (Å²) in [6, 6.07) is 3.69. The molecule has 2 amide bonds. The molecule has 0 bridgehead atoms. The Morgan fingerprint density at radius 2 is 2.14 bits per heavy atom. The zero-order valence-electron chi connectivity index (χ0n) is 16.1. The van der Waals surface area contributed by atoms with Crippen LogP contribution in [0.5, 0.6) is 0 Å². The predicted octanol–water partition coefficient (Wildman–Crippen LogP) is 2.25. The molecular formula is C20H26N4O4. The van der Waals surface area contributed by atoms with Crippen LogP contribution in [0.4, 0.5) is 4.79 Å². The monoisotopic (exact) mass is 386 g/mol. The molecule has 4 rings (SSSR count). The van der Waals surface area contributed by atoms with Crippen molar-refractivity contribution >= 4 is 22.9 Å². The standard InChI is InChI=1S/C20H26N4O4/c1-13-16(19(25)21-8-15-4-2-3-7-28-15)5-6-18-17(13)12-24(22-18)11-14-9-23(10-14)20(26)27/h5-6,12,14-15H,2-4,7-11H2,1H3,(H,21,25)(H,26,27). The summed E-state index contributed by atoms with van der Waals surface area (Å²) in [7, 11) is 0. The number of carboxylic acid groups (broad SMARTS) is 1. The van der Waals surface area contributed by atoms with E-state index in [0.717, 1.165) is 42.3 Å². The number of rotatable bonds is 5. The summed E-state index contributed by atoms with van der Waals surface area (Å²) in [5.74, 6) is 0.196. The number of carbonyl (C=O) groups excluding carboxylic acids is 1. The van der Waals surface area contributed by atoms with Crippen molar-refractivity contribution in [2.24, 2.45) is 5.92 Å². The second-order valence-corrected chi connectivity index (χ2v) is 7.77. The normalized spacial score (nSPS) is 20.2. The van der Waals surface area contributed by atoms with Gasteiger partial charge in [0, 0.05) is 55.9 Å². The molecule has 0 spiro atoms. The Morgan fingerprint density at radius 3 is 2.86 bits per heavy atom. The summed E-state index contributed by atoms with van der Waals surface area (Å²) in [6.45, 7) is 5.02. The van der Waals surface area contributed by atoms with Gasteiger partial charge in [0.15, 0.2) is 0 Å². The molecule has 1 atom stereocenters. The Kier molecular flexibility index (Phi) is 5.21. The number of carbonyl (C=O) groups is 2. The summed E-state index contributed by atoms with van der Waals surface area (Å²) in [6.07, 6.45) is 4.43. The van der Waals surface area contributed by atoms with Gasteiger partial charge in [-0.1, -0.05) is 0 Å². The van der Waals surface area contributed by atoms with E-state index >= 15 is 0 Å². The van der Waals surface area contributed by atoms with Crippen molar-refractivity contribution in [2.75, 3.05) is 26.2 Å². The van der Waals surface area contributed by atoms with Gasteiger partial charge in [0.05, 0.1) is 11.6 Å². The number of ether oxygens (including phenoxy) is 1. The molecule has 1 aromatic carbocycles. The Balaban J connectivity index is 1.41. The van der Waals surface area contributed by atoms with Crippen molar-refractivity contribution < 1.29 is 19.4 Å². The minimum atomic E-state index is -0.869. The average molecular weight is 386 g/mol. The number of fused-ring (bicyclic) bond motifs is 1. The fourth-order valence-electron chi connectivity index (χ4n) is 4.00. The highest BCUT2D eigenvalue weighted by molar-refractivity contribution is 6.00. The highest BCUT2D eigenvalue weighted by atomic mass is 16.5. The summed E-state index contributed by atoms with van der Waals surface area (Å²) < 4.78 is 7.54. The van der Waals surface area contributed by atoms with Crippen LogP contribution in [0.3, 0.4) is 0 Å². The molecule has 2 N–H and O–H groups in total. The first-order chi connectivity index (χ1) is 13.5. The van der Waals surface area contributed by atoms with Crippen LogP contribution in [-0.2, 0) is 11.3 Å². The van der Waals surface area contributed by atoms with E-state index in [-0.39, 0.29) is 17.9 Å². The van der Waals surface area contributed by atoms with E-state index in [1.54, 1.807) is 0 Å². The summed E-state index contributed by atoms with van der Waals surface area (Å²) in [5.41, 5.74) is 2.41. The van der Waals surface area contributed by atoms with E-state index in [1.807, 2.05) is 29.9 Å². The molecule has 2 aliphatic heterocycles. The molecule has 8 nitrogen and oxygen atoms in total. The van der Waals surface area contributed by atoms with Gasteiger partial charge in [-0.2, -0.15) is 5.10 Å². The SMILES string of the molecule is Cc1c(C(=O)NCC2CCCCO2)ccc2nn(CC3CN(C(=O)O)C3)cc12.